The second-order valence-electron chi connectivity index (χ2n) is 6.71. The number of hydrogen-bond acceptors (Lipinski definition) is 4. The molecule has 26 heavy (non-hydrogen) atoms. The fraction of sp³-hybridized carbons (Fsp3) is 0.526. The van der Waals surface area contributed by atoms with E-state index in [-0.39, 0.29) is 36.0 Å². The topological polar surface area (TPSA) is 66.9 Å². The van der Waals surface area contributed by atoms with Crippen molar-refractivity contribution in [2.45, 2.75) is 26.2 Å². The minimum atomic E-state index is -0.363. The zero-order valence-electron chi connectivity index (χ0n) is 14.8. The van der Waals surface area contributed by atoms with E-state index < -0.39 is 0 Å². The Morgan fingerprint density at radius 2 is 1.88 bits per heavy atom. The lowest BCUT2D eigenvalue weighted by Gasteiger charge is -2.32. The van der Waals surface area contributed by atoms with E-state index in [1.807, 2.05) is 12.1 Å². The molecular weight excluding hydrogens is 356 g/mol. The molecule has 0 aromatic heterocycles. The second kappa shape index (κ2) is 8.08. The summed E-state index contributed by atoms with van der Waals surface area (Å²) in [5, 5.41) is 0.504. The van der Waals surface area contributed by atoms with Crippen LogP contribution in [0.25, 0.3) is 0 Å². The fourth-order valence-electron chi connectivity index (χ4n) is 3.63. The first-order valence-electron chi connectivity index (χ1n) is 9.01. The average Bonchev–Trinajstić information content (AvgIpc) is 3.03. The van der Waals surface area contributed by atoms with Gasteiger partial charge in [0.15, 0.2) is 0 Å². The lowest BCUT2D eigenvalue weighted by molar-refractivity contribution is -0.151. The number of likely N-dealkylation sites (tertiary alicyclic amines) is 1. The van der Waals surface area contributed by atoms with Gasteiger partial charge in [0.25, 0.3) is 0 Å². The summed E-state index contributed by atoms with van der Waals surface area (Å²) in [5.41, 5.74) is 0.649. The van der Waals surface area contributed by atoms with Crippen molar-refractivity contribution in [3.8, 4) is 0 Å². The lowest BCUT2D eigenvalue weighted by Crippen LogP contribution is -2.44. The SMILES string of the molecule is CCOC(=O)C1CCN(C(=O)[C@@H]2CC(=O)N(c3ccccc3Cl)C2)CC1. The van der Waals surface area contributed by atoms with E-state index in [0.717, 1.165) is 0 Å². The Balaban J connectivity index is 1.59. The van der Waals surface area contributed by atoms with Gasteiger partial charge >= 0.3 is 5.97 Å². The van der Waals surface area contributed by atoms with Crippen LogP contribution in [-0.4, -0.2) is 48.9 Å². The van der Waals surface area contributed by atoms with Crippen molar-refractivity contribution in [3.05, 3.63) is 29.3 Å². The van der Waals surface area contributed by atoms with Gasteiger partial charge in [-0.25, -0.2) is 0 Å². The van der Waals surface area contributed by atoms with Gasteiger partial charge in [0.1, 0.15) is 0 Å². The van der Waals surface area contributed by atoms with Crippen LogP contribution in [0.4, 0.5) is 5.69 Å². The lowest BCUT2D eigenvalue weighted by atomic mass is 9.95. The third-order valence-electron chi connectivity index (χ3n) is 5.04. The summed E-state index contributed by atoms with van der Waals surface area (Å²) >= 11 is 6.18. The maximum absolute atomic E-state index is 12.8. The first-order valence-corrected chi connectivity index (χ1v) is 9.39. The maximum Gasteiger partial charge on any atom is 0.309 e. The van der Waals surface area contributed by atoms with Crippen LogP contribution in [-0.2, 0) is 19.1 Å². The summed E-state index contributed by atoms with van der Waals surface area (Å²) in [6.07, 6.45) is 1.42. The number of benzene rings is 1. The van der Waals surface area contributed by atoms with Gasteiger partial charge in [-0.1, -0.05) is 23.7 Å². The molecule has 2 amide bonds. The summed E-state index contributed by atoms with van der Waals surface area (Å²) < 4.78 is 5.06. The molecule has 2 fully saturated rings. The largest absolute Gasteiger partial charge is 0.466 e. The molecule has 0 saturated carbocycles. The quantitative estimate of drug-likeness (QED) is 0.755. The van der Waals surface area contributed by atoms with E-state index in [0.29, 0.717) is 49.8 Å². The first kappa shape index (κ1) is 18.7. The van der Waals surface area contributed by atoms with E-state index in [1.54, 1.807) is 28.9 Å². The van der Waals surface area contributed by atoms with E-state index in [1.165, 1.54) is 0 Å². The van der Waals surface area contributed by atoms with Crippen LogP contribution < -0.4 is 4.90 Å². The normalized spacial score (nSPS) is 21.2. The summed E-state index contributed by atoms with van der Waals surface area (Å²) in [6.45, 7) is 3.57. The van der Waals surface area contributed by atoms with Gasteiger partial charge in [-0.3, -0.25) is 14.4 Å². The number of carbonyl (C=O) groups excluding carboxylic acids is 3. The molecule has 0 N–H and O–H groups in total. The minimum absolute atomic E-state index is 0.0183. The average molecular weight is 379 g/mol. The molecule has 0 aliphatic carbocycles. The van der Waals surface area contributed by atoms with Crippen molar-refractivity contribution in [1.29, 1.82) is 0 Å². The molecule has 2 heterocycles. The van der Waals surface area contributed by atoms with Crippen LogP contribution >= 0.6 is 11.6 Å². The van der Waals surface area contributed by atoms with E-state index in [2.05, 4.69) is 0 Å². The number of para-hydroxylation sites is 1. The number of anilines is 1. The van der Waals surface area contributed by atoms with E-state index in [9.17, 15) is 14.4 Å². The highest BCUT2D eigenvalue weighted by atomic mass is 35.5. The molecule has 0 spiro atoms. The Kier molecular flexibility index (Phi) is 5.81. The van der Waals surface area contributed by atoms with Crippen LogP contribution in [0.15, 0.2) is 24.3 Å². The molecule has 1 aromatic rings. The third-order valence-corrected chi connectivity index (χ3v) is 5.36. The number of ether oxygens (including phenoxy) is 1. The molecule has 6 nitrogen and oxygen atoms in total. The number of halogens is 1. The van der Waals surface area contributed by atoms with E-state index >= 15 is 0 Å². The van der Waals surface area contributed by atoms with Crippen molar-refractivity contribution >= 4 is 35.1 Å². The van der Waals surface area contributed by atoms with Crippen LogP contribution in [0.1, 0.15) is 26.2 Å². The minimum Gasteiger partial charge on any atom is -0.466 e. The molecular formula is C19H23ClN2O4. The number of rotatable bonds is 4. The molecule has 2 saturated heterocycles. The van der Waals surface area contributed by atoms with Gasteiger partial charge in [0, 0.05) is 26.1 Å². The van der Waals surface area contributed by atoms with Crippen LogP contribution in [0, 0.1) is 11.8 Å². The fourth-order valence-corrected chi connectivity index (χ4v) is 3.87. The molecule has 2 aliphatic rings. The molecule has 140 valence electrons. The molecule has 3 rings (SSSR count). The van der Waals surface area contributed by atoms with Crippen molar-refractivity contribution in [3.63, 3.8) is 0 Å². The third kappa shape index (κ3) is 3.85. The second-order valence-corrected chi connectivity index (χ2v) is 7.12. The van der Waals surface area contributed by atoms with Crippen LogP contribution in [0.5, 0.6) is 0 Å². The molecule has 1 aromatic carbocycles. The highest BCUT2D eigenvalue weighted by Crippen LogP contribution is 2.32. The van der Waals surface area contributed by atoms with E-state index in [4.69, 9.17) is 16.3 Å². The van der Waals surface area contributed by atoms with Gasteiger partial charge in [0.05, 0.1) is 29.2 Å². The summed E-state index contributed by atoms with van der Waals surface area (Å²) in [4.78, 5) is 40.4. The highest BCUT2D eigenvalue weighted by molar-refractivity contribution is 6.33. The van der Waals surface area contributed by atoms with Crippen molar-refractivity contribution in [1.82, 2.24) is 4.90 Å². The van der Waals surface area contributed by atoms with Crippen molar-refractivity contribution < 1.29 is 19.1 Å². The zero-order valence-corrected chi connectivity index (χ0v) is 15.6. The molecule has 0 unspecified atom stereocenters. The van der Waals surface area contributed by atoms with Gasteiger partial charge < -0.3 is 14.5 Å². The number of hydrogen-bond donors (Lipinski definition) is 0. The van der Waals surface area contributed by atoms with Gasteiger partial charge in [-0.15, -0.1) is 0 Å². The number of carbonyl (C=O) groups is 3. The summed E-state index contributed by atoms with van der Waals surface area (Å²) in [7, 11) is 0. The van der Waals surface area contributed by atoms with Crippen molar-refractivity contribution in [2.75, 3.05) is 31.1 Å². The Morgan fingerprint density at radius 3 is 2.54 bits per heavy atom. The standard InChI is InChI=1S/C19H23ClN2O4/c1-2-26-19(25)13-7-9-21(10-8-13)18(24)14-11-17(23)22(12-14)16-6-4-3-5-15(16)20/h3-6,13-14H,2,7-12H2,1H3/t14-/m1/s1. The molecule has 1 atom stereocenters. The van der Waals surface area contributed by atoms with Gasteiger partial charge in [-0.2, -0.15) is 0 Å². The van der Waals surface area contributed by atoms with Gasteiger partial charge in [0.2, 0.25) is 11.8 Å². The first-order chi connectivity index (χ1) is 12.5. The molecule has 2 aliphatic heterocycles. The molecule has 0 radical (unpaired) electrons. The number of nitrogens with zero attached hydrogens (tertiary/aromatic N) is 2. The molecule has 0 bridgehead atoms. The Labute approximate surface area is 158 Å². The predicted octanol–water partition coefficient (Wildman–Crippen LogP) is 2.49. The van der Waals surface area contributed by atoms with Crippen molar-refractivity contribution in [2.24, 2.45) is 11.8 Å². The number of amides is 2. The van der Waals surface area contributed by atoms with Crippen LogP contribution in [0.3, 0.4) is 0 Å². The maximum atomic E-state index is 12.8. The smallest absolute Gasteiger partial charge is 0.309 e. The number of piperidine rings is 1. The highest BCUT2D eigenvalue weighted by Gasteiger charge is 2.39. The van der Waals surface area contributed by atoms with Crippen LogP contribution in [0.2, 0.25) is 5.02 Å². The Hall–Kier alpha value is -2.08. The number of esters is 1. The Bertz CT molecular complexity index is 701. The predicted molar refractivity (Wildman–Crippen MR) is 97.8 cm³/mol. The zero-order chi connectivity index (χ0) is 18.7. The Morgan fingerprint density at radius 1 is 1.19 bits per heavy atom. The monoisotopic (exact) mass is 378 g/mol. The van der Waals surface area contributed by atoms with Gasteiger partial charge in [-0.05, 0) is 31.9 Å². The molecule has 7 heteroatoms. The summed E-state index contributed by atoms with van der Waals surface area (Å²) in [5.74, 6) is -0.782. The summed E-state index contributed by atoms with van der Waals surface area (Å²) in [6, 6.07) is 7.16.